The number of carbonyl (C=O) groups is 1. The van der Waals surface area contributed by atoms with Crippen LogP contribution in [0.2, 0.25) is 0 Å². The molecule has 0 heterocycles. The van der Waals surface area contributed by atoms with Crippen LogP contribution < -0.4 is 10.6 Å². The highest BCUT2D eigenvalue weighted by Gasteiger charge is 2.55. The molecular formula is C17H28N2O2. The molecule has 0 bridgehead atoms. The SMILES string of the molecule is C#CCCNC1CCC2(CC1)CC2NC(=O)OC(C)(C)C. The molecule has 2 saturated carbocycles. The third-order valence-electron chi connectivity index (χ3n) is 4.56. The average molecular weight is 292 g/mol. The molecule has 1 unspecified atom stereocenters. The van der Waals surface area contributed by atoms with Crippen molar-refractivity contribution in [1.82, 2.24) is 10.6 Å². The van der Waals surface area contributed by atoms with Crippen LogP contribution in [-0.2, 0) is 4.74 Å². The maximum atomic E-state index is 11.8. The number of terminal acetylenes is 1. The lowest BCUT2D eigenvalue weighted by Gasteiger charge is -2.30. The first-order valence-corrected chi connectivity index (χ1v) is 8.01. The molecule has 0 radical (unpaired) electrons. The number of hydrogen-bond acceptors (Lipinski definition) is 3. The largest absolute Gasteiger partial charge is 0.444 e. The summed E-state index contributed by atoms with van der Waals surface area (Å²) in [5, 5.41) is 6.55. The lowest BCUT2D eigenvalue weighted by atomic mass is 9.82. The molecule has 21 heavy (non-hydrogen) atoms. The molecule has 2 rings (SSSR count). The summed E-state index contributed by atoms with van der Waals surface area (Å²) >= 11 is 0. The van der Waals surface area contributed by atoms with Crippen LogP contribution in [0.3, 0.4) is 0 Å². The van der Waals surface area contributed by atoms with E-state index in [1.807, 2.05) is 20.8 Å². The van der Waals surface area contributed by atoms with E-state index in [2.05, 4.69) is 16.6 Å². The summed E-state index contributed by atoms with van der Waals surface area (Å²) in [6, 6.07) is 0.894. The maximum Gasteiger partial charge on any atom is 0.407 e. The zero-order chi connectivity index (χ0) is 15.5. The van der Waals surface area contributed by atoms with Gasteiger partial charge < -0.3 is 15.4 Å². The monoisotopic (exact) mass is 292 g/mol. The number of ether oxygens (including phenoxy) is 1. The van der Waals surface area contributed by atoms with E-state index in [1.165, 1.54) is 25.7 Å². The fourth-order valence-electron chi connectivity index (χ4n) is 3.30. The van der Waals surface area contributed by atoms with Crippen molar-refractivity contribution in [2.45, 2.75) is 77.0 Å². The molecule has 2 fully saturated rings. The summed E-state index contributed by atoms with van der Waals surface area (Å²) in [6.45, 7) is 6.58. The lowest BCUT2D eigenvalue weighted by Crippen LogP contribution is -2.39. The van der Waals surface area contributed by atoms with Gasteiger partial charge in [0.2, 0.25) is 0 Å². The number of alkyl carbamates (subject to hydrolysis) is 1. The Balaban J connectivity index is 1.69. The van der Waals surface area contributed by atoms with Crippen molar-refractivity contribution in [3.63, 3.8) is 0 Å². The van der Waals surface area contributed by atoms with Crippen molar-refractivity contribution >= 4 is 6.09 Å². The van der Waals surface area contributed by atoms with Gasteiger partial charge in [-0.3, -0.25) is 0 Å². The van der Waals surface area contributed by atoms with E-state index in [1.54, 1.807) is 0 Å². The molecule has 1 atom stereocenters. The molecule has 2 aliphatic carbocycles. The summed E-state index contributed by atoms with van der Waals surface area (Å²) in [5.41, 5.74) is -0.0913. The molecule has 118 valence electrons. The van der Waals surface area contributed by atoms with Crippen LogP contribution in [0.5, 0.6) is 0 Å². The first kappa shape index (κ1) is 16.2. The van der Waals surface area contributed by atoms with Gasteiger partial charge in [-0.05, 0) is 58.3 Å². The van der Waals surface area contributed by atoms with Gasteiger partial charge in [0.05, 0.1) is 0 Å². The molecule has 1 amide bonds. The Bertz CT molecular complexity index is 411. The van der Waals surface area contributed by atoms with E-state index in [0.717, 1.165) is 19.4 Å². The standard InChI is InChI=1S/C17H28N2O2/c1-5-6-11-18-13-7-9-17(10-8-13)12-14(17)19-15(20)21-16(2,3)4/h1,13-14,18H,6-12H2,2-4H3,(H,19,20). The summed E-state index contributed by atoms with van der Waals surface area (Å²) in [6.07, 6.45) is 11.6. The fraction of sp³-hybridized carbons (Fsp3) is 0.824. The number of hydrogen-bond donors (Lipinski definition) is 2. The molecule has 0 aliphatic heterocycles. The van der Waals surface area contributed by atoms with Crippen molar-refractivity contribution in [2.24, 2.45) is 5.41 Å². The van der Waals surface area contributed by atoms with Gasteiger partial charge in [-0.25, -0.2) is 4.79 Å². The molecule has 0 aromatic carbocycles. The van der Waals surface area contributed by atoms with E-state index < -0.39 is 5.60 Å². The van der Waals surface area contributed by atoms with Crippen LogP contribution in [0.1, 0.15) is 59.3 Å². The molecule has 0 aromatic rings. The third-order valence-corrected chi connectivity index (χ3v) is 4.56. The Kier molecular flexibility index (Phi) is 4.83. The number of amides is 1. The highest BCUT2D eigenvalue weighted by atomic mass is 16.6. The highest BCUT2D eigenvalue weighted by molar-refractivity contribution is 5.68. The van der Waals surface area contributed by atoms with Crippen LogP contribution >= 0.6 is 0 Å². The Morgan fingerprint density at radius 1 is 1.38 bits per heavy atom. The van der Waals surface area contributed by atoms with Crippen LogP contribution in [-0.4, -0.2) is 30.3 Å². The van der Waals surface area contributed by atoms with Gasteiger partial charge in [0.1, 0.15) is 5.60 Å². The first-order valence-electron chi connectivity index (χ1n) is 8.01. The van der Waals surface area contributed by atoms with E-state index in [4.69, 9.17) is 11.2 Å². The van der Waals surface area contributed by atoms with Crippen LogP contribution in [0, 0.1) is 17.8 Å². The number of nitrogens with one attached hydrogen (secondary N) is 2. The van der Waals surface area contributed by atoms with Crippen molar-refractivity contribution in [1.29, 1.82) is 0 Å². The smallest absolute Gasteiger partial charge is 0.407 e. The summed E-state index contributed by atoms with van der Waals surface area (Å²) in [7, 11) is 0. The fourth-order valence-corrected chi connectivity index (χ4v) is 3.30. The van der Waals surface area contributed by atoms with Gasteiger partial charge in [0.15, 0.2) is 0 Å². The Morgan fingerprint density at radius 2 is 2.05 bits per heavy atom. The number of rotatable bonds is 4. The summed E-state index contributed by atoms with van der Waals surface area (Å²) in [4.78, 5) is 11.8. The van der Waals surface area contributed by atoms with E-state index >= 15 is 0 Å². The molecule has 4 heteroatoms. The summed E-state index contributed by atoms with van der Waals surface area (Å²) in [5.74, 6) is 2.66. The van der Waals surface area contributed by atoms with Gasteiger partial charge in [0, 0.05) is 25.0 Å². The van der Waals surface area contributed by atoms with Gasteiger partial charge >= 0.3 is 6.09 Å². The Morgan fingerprint density at radius 3 is 2.62 bits per heavy atom. The molecular weight excluding hydrogens is 264 g/mol. The minimum absolute atomic E-state index is 0.279. The van der Waals surface area contributed by atoms with Gasteiger partial charge in [-0.15, -0.1) is 12.3 Å². The molecule has 4 nitrogen and oxygen atoms in total. The second-order valence-electron chi connectivity index (χ2n) is 7.45. The van der Waals surface area contributed by atoms with Crippen LogP contribution in [0.25, 0.3) is 0 Å². The van der Waals surface area contributed by atoms with Crippen molar-refractivity contribution in [3.8, 4) is 12.3 Å². The number of carbonyl (C=O) groups excluding carboxylic acids is 1. The van der Waals surface area contributed by atoms with E-state index in [0.29, 0.717) is 17.5 Å². The molecule has 1 spiro atoms. The minimum Gasteiger partial charge on any atom is -0.444 e. The second kappa shape index (κ2) is 6.27. The van der Waals surface area contributed by atoms with Crippen molar-refractivity contribution in [2.75, 3.05) is 6.54 Å². The van der Waals surface area contributed by atoms with Gasteiger partial charge in [-0.1, -0.05) is 0 Å². The second-order valence-corrected chi connectivity index (χ2v) is 7.45. The van der Waals surface area contributed by atoms with Gasteiger partial charge in [-0.2, -0.15) is 0 Å². The quantitative estimate of drug-likeness (QED) is 0.619. The normalized spacial score (nSPS) is 31.5. The average Bonchev–Trinajstić information content (AvgIpc) is 3.02. The Hall–Kier alpha value is -1.21. The van der Waals surface area contributed by atoms with Crippen molar-refractivity contribution < 1.29 is 9.53 Å². The predicted octanol–water partition coefficient (Wildman–Crippen LogP) is 2.83. The van der Waals surface area contributed by atoms with Crippen LogP contribution in [0.4, 0.5) is 4.79 Å². The zero-order valence-corrected chi connectivity index (χ0v) is 13.5. The molecule has 0 aromatic heterocycles. The molecule has 0 saturated heterocycles. The molecule has 2 aliphatic rings. The van der Waals surface area contributed by atoms with Gasteiger partial charge in [0.25, 0.3) is 0 Å². The van der Waals surface area contributed by atoms with E-state index in [-0.39, 0.29) is 6.09 Å². The Labute approximate surface area is 128 Å². The summed E-state index contributed by atoms with van der Waals surface area (Å²) < 4.78 is 5.33. The minimum atomic E-state index is -0.426. The molecule has 2 N–H and O–H groups in total. The zero-order valence-electron chi connectivity index (χ0n) is 13.5. The lowest BCUT2D eigenvalue weighted by molar-refractivity contribution is 0.0512. The van der Waals surface area contributed by atoms with E-state index in [9.17, 15) is 4.79 Å². The van der Waals surface area contributed by atoms with Crippen LogP contribution in [0.15, 0.2) is 0 Å². The maximum absolute atomic E-state index is 11.8. The third kappa shape index (κ3) is 4.64. The highest BCUT2D eigenvalue weighted by Crippen LogP contribution is 2.56. The van der Waals surface area contributed by atoms with Crippen molar-refractivity contribution in [3.05, 3.63) is 0 Å². The first-order chi connectivity index (χ1) is 9.85. The predicted molar refractivity (Wildman–Crippen MR) is 83.9 cm³/mol. The topological polar surface area (TPSA) is 50.4 Å².